The SMILES string of the molecule is O=C(Nc1ccccc1)c1ccc(NC2CCC(C(=O)O)CC2)nn1. The van der Waals surface area contributed by atoms with E-state index in [2.05, 4.69) is 20.8 Å². The van der Waals surface area contributed by atoms with Gasteiger partial charge in [-0.05, 0) is 49.9 Å². The minimum absolute atomic E-state index is 0.189. The van der Waals surface area contributed by atoms with Gasteiger partial charge < -0.3 is 15.7 Å². The summed E-state index contributed by atoms with van der Waals surface area (Å²) < 4.78 is 0. The van der Waals surface area contributed by atoms with Crippen LogP contribution in [0.4, 0.5) is 11.5 Å². The van der Waals surface area contributed by atoms with Crippen molar-refractivity contribution in [3.8, 4) is 0 Å². The third kappa shape index (κ3) is 4.53. The highest BCUT2D eigenvalue weighted by Crippen LogP contribution is 2.26. The first kappa shape index (κ1) is 16.9. The number of carbonyl (C=O) groups is 2. The standard InChI is InChI=1S/C18H20N4O3/c23-17(20-13-4-2-1-3-5-13)15-10-11-16(22-21-15)19-14-8-6-12(7-9-14)18(24)25/h1-5,10-12,14H,6-9H2,(H,19,22)(H,20,23)(H,24,25). The lowest BCUT2D eigenvalue weighted by Gasteiger charge is -2.26. The molecule has 1 aliphatic rings. The van der Waals surface area contributed by atoms with E-state index >= 15 is 0 Å². The quantitative estimate of drug-likeness (QED) is 0.773. The zero-order chi connectivity index (χ0) is 17.6. The largest absolute Gasteiger partial charge is 0.481 e. The van der Waals surface area contributed by atoms with Crippen molar-refractivity contribution in [2.75, 3.05) is 10.6 Å². The highest BCUT2D eigenvalue weighted by atomic mass is 16.4. The lowest BCUT2D eigenvalue weighted by molar-refractivity contribution is -0.142. The van der Waals surface area contributed by atoms with Crippen LogP contribution in [0, 0.1) is 5.92 Å². The Morgan fingerprint density at radius 2 is 1.68 bits per heavy atom. The Hall–Kier alpha value is -2.96. The predicted molar refractivity (Wildman–Crippen MR) is 93.4 cm³/mol. The average Bonchev–Trinajstić information content (AvgIpc) is 2.63. The first-order valence-electron chi connectivity index (χ1n) is 8.31. The van der Waals surface area contributed by atoms with Gasteiger partial charge in [-0.2, -0.15) is 0 Å². The van der Waals surface area contributed by atoms with Crippen LogP contribution < -0.4 is 10.6 Å². The maximum Gasteiger partial charge on any atom is 0.306 e. The molecule has 130 valence electrons. The van der Waals surface area contributed by atoms with Crippen LogP contribution in [0.25, 0.3) is 0 Å². The van der Waals surface area contributed by atoms with E-state index in [4.69, 9.17) is 5.11 Å². The number of anilines is 2. The molecule has 7 nitrogen and oxygen atoms in total. The number of para-hydroxylation sites is 1. The smallest absolute Gasteiger partial charge is 0.306 e. The molecular formula is C18H20N4O3. The van der Waals surface area contributed by atoms with Gasteiger partial charge in [0.1, 0.15) is 5.82 Å². The third-order valence-electron chi connectivity index (χ3n) is 4.36. The molecule has 1 fully saturated rings. The summed E-state index contributed by atoms with van der Waals surface area (Å²) >= 11 is 0. The van der Waals surface area contributed by atoms with E-state index in [9.17, 15) is 9.59 Å². The van der Waals surface area contributed by atoms with Crippen molar-refractivity contribution in [1.29, 1.82) is 0 Å². The molecule has 25 heavy (non-hydrogen) atoms. The Bertz CT molecular complexity index is 726. The molecule has 3 rings (SSSR count). The summed E-state index contributed by atoms with van der Waals surface area (Å²) in [6.07, 6.45) is 2.90. The van der Waals surface area contributed by atoms with E-state index < -0.39 is 5.97 Å². The molecule has 0 radical (unpaired) electrons. The second-order valence-corrected chi connectivity index (χ2v) is 6.16. The number of carboxylic acid groups (broad SMARTS) is 1. The Balaban J connectivity index is 1.54. The van der Waals surface area contributed by atoms with Crippen LogP contribution >= 0.6 is 0 Å². The number of benzene rings is 1. The van der Waals surface area contributed by atoms with Gasteiger partial charge in [0, 0.05) is 11.7 Å². The molecule has 1 heterocycles. The van der Waals surface area contributed by atoms with E-state index in [0.29, 0.717) is 24.3 Å². The Morgan fingerprint density at radius 1 is 0.960 bits per heavy atom. The normalized spacial score (nSPS) is 19.8. The van der Waals surface area contributed by atoms with Crippen molar-refractivity contribution in [2.24, 2.45) is 5.92 Å². The van der Waals surface area contributed by atoms with Gasteiger partial charge in [0.05, 0.1) is 5.92 Å². The number of aromatic nitrogens is 2. The molecule has 3 N–H and O–H groups in total. The zero-order valence-electron chi connectivity index (χ0n) is 13.7. The number of carboxylic acids is 1. The van der Waals surface area contributed by atoms with Crippen molar-refractivity contribution < 1.29 is 14.7 Å². The van der Waals surface area contributed by atoms with Crippen molar-refractivity contribution in [3.05, 3.63) is 48.2 Å². The van der Waals surface area contributed by atoms with Crippen LogP contribution in [-0.4, -0.2) is 33.2 Å². The maximum absolute atomic E-state index is 12.1. The fourth-order valence-electron chi connectivity index (χ4n) is 2.94. The summed E-state index contributed by atoms with van der Waals surface area (Å²) in [6, 6.07) is 12.7. The van der Waals surface area contributed by atoms with E-state index in [1.54, 1.807) is 24.3 Å². The number of amides is 1. The van der Waals surface area contributed by atoms with Crippen molar-refractivity contribution >= 4 is 23.4 Å². The molecule has 1 saturated carbocycles. The lowest BCUT2D eigenvalue weighted by Crippen LogP contribution is -2.29. The molecular weight excluding hydrogens is 320 g/mol. The molecule has 0 aliphatic heterocycles. The summed E-state index contributed by atoms with van der Waals surface area (Å²) in [6.45, 7) is 0. The number of aliphatic carboxylic acids is 1. The Morgan fingerprint density at radius 3 is 2.28 bits per heavy atom. The molecule has 0 atom stereocenters. The lowest BCUT2D eigenvalue weighted by atomic mass is 9.86. The van der Waals surface area contributed by atoms with E-state index in [1.165, 1.54) is 0 Å². The summed E-state index contributed by atoms with van der Waals surface area (Å²) in [4.78, 5) is 23.1. The monoisotopic (exact) mass is 340 g/mol. The molecule has 0 bridgehead atoms. The van der Waals surface area contributed by atoms with Gasteiger partial charge >= 0.3 is 5.97 Å². The summed E-state index contributed by atoms with van der Waals surface area (Å²) in [7, 11) is 0. The number of hydrogen-bond donors (Lipinski definition) is 3. The number of nitrogens with one attached hydrogen (secondary N) is 2. The first-order chi connectivity index (χ1) is 12.1. The van der Waals surface area contributed by atoms with E-state index in [-0.39, 0.29) is 23.6 Å². The Labute approximate surface area is 145 Å². The molecule has 1 amide bonds. The van der Waals surface area contributed by atoms with Crippen LogP contribution in [0.5, 0.6) is 0 Å². The average molecular weight is 340 g/mol. The maximum atomic E-state index is 12.1. The molecule has 0 spiro atoms. The van der Waals surface area contributed by atoms with Gasteiger partial charge in [-0.15, -0.1) is 10.2 Å². The molecule has 2 aromatic rings. The third-order valence-corrected chi connectivity index (χ3v) is 4.36. The highest BCUT2D eigenvalue weighted by Gasteiger charge is 2.26. The second kappa shape index (κ2) is 7.74. The summed E-state index contributed by atoms with van der Waals surface area (Å²) in [5, 5.41) is 23.1. The summed E-state index contributed by atoms with van der Waals surface area (Å²) in [5.74, 6) is -0.678. The Kier molecular flexibility index (Phi) is 5.23. The minimum atomic E-state index is -0.716. The van der Waals surface area contributed by atoms with Crippen LogP contribution in [0.1, 0.15) is 36.2 Å². The van der Waals surface area contributed by atoms with Crippen molar-refractivity contribution in [1.82, 2.24) is 10.2 Å². The van der Waals surface area contributed by atoms with Crippen LogP contribution in [-0.2, 0) is 4.79 Å². The van der Waals surface area contributed by atoms with Gasteiger partial charge in [-0.25, -0.2) is 0 Å². The fourth-order valence-corrected chi connectivity index (χ4v) is 2.94. The van der Waals surface area contributed by atoms with Crippen molar-refractivity contribution in [2.45, 2.75) is 31.7 Å². The van der Waals surface area contributed by atoms with Crippen molar-refractivity contribution in [3.63, 3.8) is 0 Å². The fraction of sp³-hybridized carbons (Fsp3) is 0.333. The number of hydrogen-bond acceptors (Lipinski definition) is 5. The second-order valence-electron chi connectivity index (χ2n) is 6.16. The first-order valence-corrected chi connectivity index (χ1v) is 8.31. The molecule has 7 heteroatoms. The van der Waals surface area contributed by atoms with Gasteiger partial charge in [0.25, 0.3) is 5.91 Å². The number of rotatable bonds is 5. The van der Waals surface area contributed by atoms with Crippen LogP contribution in [0.15, 0.2) is 42.5 Å². The van der Waals surface area contributed by atoms with Gasteiger partial charge in [-0.3, -0.25) is 9.59 Å². The number of nitrogens with zero attached hydrogens (tertiary/aromatic N) is 2. The molecule has 1 aromatic heterocycles. The molecule has 0 saturated heterocycles. The topological polar surface area (TPSA) is 104 Å². The predicted octanol–water partition coefficient (Wildman–Crippen LogP) is 2.78. The number of carbonyl (C=O) groups excluding carboxylic acids is 1. The zero-order valence-corrected chi connectivity index (χ0v) is 13.7. The highest BCUT2D eigenvalue weighted by molar-refractivity contribution is 6.02. The van der Waals surface area contributed by atoms with Gasteiger partial charge in [0.2, 0.25) is 0 Å². The summed E-state index contributed by atoms with van der Waals surface area (Å²) in [5.41, 5.74) is 0.940. The van der Waals surface area contributed by atoms with Crippen LogP contribution in [0.2, 0.25) is 0 Å². The minimum Gasteiger partial charge on any atom is -0.481 e. The van der Waals surface area contributed by atoms with E-state index in [0.717, 1.165) is 12.8 Å². The van der Waals surface area contributed by atoms with Gasteiger partial charge in [-0.1, -0.05) is 18.2 Å². The molecule has 1 aliphatic carbocycles. The van der Waals surface area contributed by atoms with Gasteiger partial charge in [0.15, 0.2) is 5.69 Å². The molecule has 0 unspecified atom stereocenters. The van der Waals surface area contributed by atoms with Crippen LogP contribution in [0.3, 0.4) is 0 Å². The molecule has 1 aromatic carbocycles. The van der Waals surface area contributed by atoms with E-state index in [1.807, 2.05) is 18.2 Å².